The summed E-state index contributed by atoms with van der Waals surface area (Å²) in [6.07, 6.45) is 1.68. The van der Waals surface area contributed by atoms with Gasteiger partial charge >= 0.3 is 0 Å². The lowest BCUT2D eigenvalue weighted by Crippen LogP contribution is -2.42. The molecule has 2 heterocycles. The molecule has 0 spiro atoms. The van der Waals surface area contributed by atoms with Crippen molar-refractivity contribution in [3.63, 3.8) is 0 Å². The van der Waals surface area contributed by atoms with Gasteiger partial charge in [0.25, 0.3) is 5.91 Å². The predicted octanol–water partition coefficient (Wildman–Crippen LogP) is 4.30. The fraction of sp³-hybridized carbons (Fsp3) is 0.208. The topological polar surface area (TPSA) is 71.5 Å². The number of amides is 2. The second-order valence-electron chi connectivity index (χ2n) is 7.20. The van der Waals surface area contributed by atoms with Gasteiger partial charge in [0.15, 0.2) is 11.6 Å². The average molecular weight is 436 g/mol. The number of ether oxygens (including phenoxy) is 1. The van der Waals surface area contributed by atoms with E-state index in [2.05, 4.69) is 10.3 Å². The molecule has 2 aromatic carbocycles. The Kier molecular flexibility index (Phi) is 6.48. The van der Waals surface area contributed by atoms with Gasteiger partial charge in [0.05, 0.1) is 0 Å². The highest BCUT2D eigenvalue weighted by Crippen LogP contribution is 2.37. The van der Waals surface area contributed by atoms with Crippen molar-refractivity contribution in [3.8, 4) is 5.75 Å². The molecule has 6 nitrogen and oxygen atoms in total. The number of anilines is 1. The van der Waals surface area contributed by atoms with E-state index >= 15 is 0 Å². The molecule has 2 amide bonds. The molecule has 0 bridgehead atoms. The van der Waals surface area contributed by atoms with Gasteiger partial charge in [0.1, 0.15) is 0 Å². The zero-order valence-electron chi connectivity index (χ0n) is 16.8. The highest BCUT2D eigenvalue weighted by Gasteiger charge is 2.36. The van der Waals surface area contributed by atoms with Crippen LogP contribution in [-0.4, -0.2) is 23.3 Å². The van der Waals surface area contributed by atoms with Crippen LogP contribution >= 0.6 is 11.6 Å². The first-order valence-electron chi connectivity index (χ1n) is 10.1. The number of rotatable bonds is 7. The molecule has 1 aliphatic rings. The summed E-state index contributed by atoms with van der Waals surface area (Å²) in [7, 11) is 0. The summed E-state index contributed by atoms with van der Waals surface area (Å²) in [4.78, 5) is 31.4. The lowest BCUT2D eigenvalue weighted by molar-refractivity contribution is -0.127. The maximum absolute atomic E-state index is 13.2. The predicted molar refractivity (Wildman–Crippen MR) is 119 cm³/mol. The Morgan fingerprint density at radius 1 is 1.06 bits per heavy atom. The van der Waals surface area contributed by atoms with Gasteiger partial charge in [-0.1, -0.05) is 60.1 Å². The number of nitrogens with one attached hydrogen (secondary N) is 1. The monoisotopic (exact) mass is 435 g/mol. The van der Waals surface area contributed by atoms with Gasteiger partial charge in [-0.25, -0.2) is 4.98 Å². The summed E-state index contributed by atoms with van der Waals surface area (Å²) >= 11 is 6.13. The molecule has 1 aromatic heterocycles. The summed E-state index contributed by atoms with van der Waals surface area (Å²) in [6, 6.07) is 20.3. The van der Waals surface area contributed by atoms with Crippen molar-refractivity contribution in [1.29, 1.82) is 0 Å². The second-order valence-corrected chi connectivity index (χ2v) is 7.60. The van der Waals surface area contributed by atoms with Crippen molar-refractivity contribution in [2.75, 3.05) is 11.4 Å². The Balaban J connectivity index is 1.39. The zero-order chi connectivity index (χ0) is 21.6. The number of carbonyl (C=O) groups is 2. The Labute approximate surface area is 185 Å². The zero-order valence-corrected chi connectivity index (χ0v) is 17.6. The number of fused-ring (bicyclic) bond motifs is 1. The Morgan fingerprint density at radius 3 is 2.65 bits per heavy atom. The number of nitrogens with zero attached hydrogens (tertiary/aromatic N) is 2. The van der Waals surface area contributed by atoms with E-state index in [0.29, 0.717) is 36.1 Å². The van der Waals surface area contributed by atoms with Crippen LogP contribution in [-0.2, 0) is 16.1 Å². The molecular formula is C24H22ClN3O3. The Hall–Kier alpha value is -3.38. The molecule has 31 heavy (non-hydrogen) atoms. The summed E-state index contributed by atoms with van der Waals surface area (Å²) in [6.45, 7) is 0.741. The largest absolute Gasteiger partial charge is 0.472 e. The highest BCUT2D eigenvalue weighted by atomic mass is 35.5. The summed E-state index contributed by atoms with van der Waals surface area (Å²) < 4.78 is 5.94. The fourth-order valence-corrected chi connectivity index (χ4v) is 3.68. The molecule has 0 unspecified atom stereocenters. The molecular weight excluding hydrogens is 414 g/mol. The molecule has 4 rings (SSSR count). The lowest BCUT2D eigenvalue weighted by atomic mass is 10.1. The van der Waals surface area contributed by atoms with Gasteiger partial charge in [-0.15, -0.1) is 0 Å². The van der Waals surface area contributed by atoms with Gasteiger partial charge in [-0.2, -0.15) is 0 Å². The summed E-state index contributed by atoms with van der Waals surface area (Å²) in [5.41, 5.74) is 1.65. The van der Waals surface area contributed by atoms with E-state index in [0.717, 1.165) is 11.1 Å². The minimum absolute atomic E-state index is 0.0959. The van der Waals surface area contributed by atoms with Crippen LogP contribution in [0.25, 0.3) is 0 Å². The number of hydrogen-bond acceptors (Lipinski definition) is 4. The minimum Gasteiger partial charge on any atom is -0.472 e. The van der Waals surface area contributed by atoms with Crippen LogP contribution < -0.4 is 15.0 Å². The number of pyridine rings is 1. The van der Waals surface area contributed by atoms with Gasteiger partial charge in [0, 0.05) is 36.3 Å². The van der Waals surface area contributed by atoms with Crippen LogP contribution in [0, 0.1) is 0 Å². The third-order valence-electron chi connectivity index (χ3n) is 5.06. The first-order chi connectivity index (χ1) is 15.1. The van der Waals surface area contributed by atoms with Crippen LogP contribution in [0.2, 0.25) is 5.02 Å². The van der Waals surface area contributed by atoms with Crippen LogP contribution in [0.1, 0.15) is 30.1 Å². The molecule has 0 radical (unpaired) electrons. The maximum atomic E-state index is 13.2. The maximum Gasteiger partial charge on any atom is 0.274 e. The van der Waals surface area contributed by atoms with E-state index in [1.807, 2.05) is 48.5 Å². The molecule has 3 aromatic rings. The molecule has 0 saturated carbocycles. The molecule has 0 saturated heterocycles. The van der Waals surface area contributed by atoms with Crippen molar-refractivity contribution in [3.05, 3.63) is 89.1 Å². The van der Waals surface area contributed by atoms with E-state index in [1.54, 1.807) is 29.3 Å². The number of hydrogen-bond donors (Lipinski definition) is 1. The Bertz CT molecular complexity index is 1070. The van der Waals surface area contributed by atoms with Crippen molar-refractivity contribution < 1.29 is 14.3 Å². The number of carbonyl (C=O) groups excluding carboxylic acids is 2. The normalized spacial score (nSPS) is 15.2. The van der Waals surface area contributed by atoms with Crippen molar-refractivity contribution in [1.82, 2.24) is 10.3 Å². The van der Waals surface area contributed by atoms with Crippen molar-refractivity contribution in [2.24, 2.45) is 0 Å². The Morgan fingerprint density at radius 2 is 1.84 bits per heavy atom. The van der Waals surface area contributed by atoms with Crippen LogP contribution in [0.15, 0.2) is 72.9 Å². The number of halogens is 1. The fourth-order valence-electron chi connectivity index (χ4n) is 3.48. The summed E-state index contributed by atoms with van der Waals surface area (Å²) in [5, 5.41) is 3.50. The first-order valence-corrected chi connectivity index (χ1v) is 10.5. The molecule has 1 aliphatic heterocycles. The molecule has 158 valence electrons. The van der Waals surface area contributed by atoms with Gasteiger partial charge in [-0.05, 0) is 30.2 Å². The van der Waals surface area contributed by atoms with Crippen molar-refractivity contribution in [2.45, 2.75) is 25.5 Å². The van der Waals surface area contributed by atoms with Crippen LogP contribution in [0.3, 0.4) is 0 Å². The lowest BCUT2D eigenvalue weighted by Gasteiger charge is -2.33. The molecule has 1 N–H and O–H groups in total. The van der Waals surface area contributed by atoms with Crippen molar-refractivity contribution >= 4 is 29.2 Å². The number of aromatic nitrogens is 1. The second kappa shape index (κ2) is 9.62. The van der Waals surface area contributed by atoms with Crippen LogP contribution in [0.5, 0.6) is 5.75 Å². The minimum atomic E-state index is -0.730. The van der Waals surface area contributed by atoms with E-state index < -0.39 is 6.10 Å². The average Bonchev–Trinajstić information content (AvgIpc) is 2.80. The smallest absolute Gasteiger partial charge is 0.274 e. The highest BCUT2D eigenvalue weighted by molar-refractivity contribution is 6.31. The van der Waals surface area contributed by atoms with Gasteiger partial charge < -0.3 is 10.1 Å². The standard InChI is InChI=1S/C24H22ClN3O3/c25-19-11-5-4-10-18(19)16-27-21(29)13-7-15-28-23-20(12-6-14-26-23)31-22(24(28)30)17-8-2-1-3-9-17/h1-6,8-12,14,22H,7,13,15-16H2,(H,27,29)/t22-/m0/s1. The summed E-state index contributed by atoms with van der Waals surface area (Å²) in [5.74, 6) is 0.755. The third-order valence-corrected chi connectivity index (χ3v) is 5.43. The SMILES string of the molecule is O=C(CCCN1C(=O)[C@H](c2ccccc2)Oc2cccnc21)NCc1ccccc1Cl. The molecule has 0 aliphatic carbocycles. The molecule has 0 fully saturated rings. The van der Waals surface area contributed by atoms with E-state index in [1.165, 1.54) is 0 Å². The van der Waals surface area contributed by atoms with Gasteiger partial charge in [0.2, 0.25) is 12.0 Å². The van der Waals surface area contributed by atoms with E-state index in [4.69, 9.17) is 16.3 Å². The molecule has 1 atom stereocenters. The third kappa shape index (κ3) is 4.86. The van der Waals surface area contributed by atoms with E-state index in [9.17, 15) is 9.59 Å². The van der Waals surface area contributed by atoms with Gasteiger partial charge in [-0.3, -0.25) is 14.5 Å². The van der Waals surface area contributed by atoms with E-state index in [-0.39, 0.29) is 18.2 Å². The van der Waals surface area contributed by atoms with Crippen LogP contribution in [0.4, 0.5) is 5.82 Å². The quantitative estimate of drug-likeness (QED) is 0.600. The molecule has 7 heteroatoms. The number of benzene rings is 2. The first kappa shape index (κ1) is 20.9.